The summed E-state index contributed by atoms with van der Waals surface area (Å²) in [4.78, 5) is 34.7. The standard InChI is InChI=1S/C15H25N3O3/c1-5-6-7-8-12(14(16)20)18-15(21)13(9-10(2)3)17-11(4)19/h1,10,12-13H,6-9H2,2-4H3,(H2,16,20)(H,17,19)(H,18,21)/t12-,13+/m1/s1. The first-order chi connectivity index (χ1) is 9.77. The number of nitrogens with two attached hydrogens (primary N) is 1. The van der Waals surface area contributed by atoms with Gasteiger partial charge in [-0.25, -0.2) is 0 Å². The second-order valence-electron chi connectivity index (χ2n) is 5.44. The van der Waals surface area contributed by atoms with Crippen molar-refractivity contribution in [2.75, 3.05) is 0 Å². The number of primary amides is 1. The molecule has 0 aliphatic carbocycles. The topological polar surface area (TPSA) is 101 Å². The van der Waals surface area contributed by atoms with Gasteiger partial charge in [-0.15, -0.1) is 12.3 Å². The summed E-state index contributed by atoms with van der Waals surface area (Å²) in [6, 6.07) is -1.44. The fourth-order valence-corrected chi connectivity index (χ4v) is 1.91. The van der Waals surface area contributed by atoms with Gasteiger partial charge in [-0.1, -0.05) is 13.8 Å². The van der Waals surface area contributed by atoms with Crippen molar-refractivity contribution in [3.63, 3.8) is 0 Å². The van der Waals surface area contributed by atoms with Crippen molar-refractivity contribution in [1.82, 2.24) is 10.6 Å². The Labute approximate surface area is 126 Å². The van der Waals surface area contributed by atoms with Crippen LogP contribution in [0.15, 0.2) is 0 Å². The molecular formula is C15H25N3O3. The maximum absolute atomic E-state index is 12.2. The number of unbranched alkanes of at least 4 members (excludes halogenated alkanes) is 1. The third-order valence-electron chi connectivity index (χ3n) is 2.87. The monoisotopic (exact) mass is 295 g/mol. The minimum absolute atomic E-state index is 0.223. The third kappa shape index (κ3) is 8.69. The van der Waals surface area contributed by atoms with Gasteiger partial charge in [0.05, 0.1) is 0 Å². The smallest absolute Gasteiger partial charge is 0.243 e. The van der Waals surface area contributed by atoms with Crippen molar-refractivity contribution in [3.8, 4) is 12.3 Å². The number of carbonyl (C=O) groups excluding carboxylic acids is 3. The van der Waals surface area contributed by atoms with E-state index in [0.717, 1.165) is 0 Å². The molecule has 0 saturated heterocycles. The molecule has 0 spiro atoms. The van der Waals surface area contributed by atoms with Gasteiger partial charge < -0.3 is 16.4 Å². The first kappa shape index (κ1) is 19.0. The minimum atomic E-state index is -0.769. The van der Waals surface area contributed by atoms with Crippen LogP contribution >= 0.6 is 0 Å². The van der Waals surface area contributed by atoms with E-state index in [2.05, 4.69) is 16.6 Å². The molecule has 0 aromatic carbocycles. The van der Waals surface area contributed by atoms with E-state index < -0.39 is 23.9 Å². The number of nitrogens with one attached hydrogen (secondary N) is 2. The molecule has 118 valence electrons. The summed E-state index contributed by atoms with van der Waals surface area (Å²) in [5.41, 5.74) is 5.28. The minimum Gasteiger partial charge on any atom is -0.368 e. The lowest BCUT2D eigenvalue weighted by Gasteiger charge is -2.22. The largest absolute Gasteiger partial charge is 0.368 e. The van der Waals surface area contributed by atoms with Gasteiger partial charge in [-0.3, -0.25) is 14.4 Å². The van der Waals surface area contributed by atoms with E-state index in [1.165, 1.54) is 6.92 Å². The summed E-state index contributed by atoms with van der Waals surface area (Å²) in [5, 5.41) is 5.18. The number of amides is 3. The molecule has 0 fully saturated rings. The molecule has 0 unspecified atom stereocenters. The summed E-state index contributed by atoms with van der Waals surface area (Å²) >= 11 is 0. The fourth-order valence-electron chi connectivity index (χ4n) is 1.91. The van der Waals surface area contributed by atoms with Crippen molar-refractivity contribution >= 4 is 17.7 Å². The predicted octanol–water partition coefficient (Wildman–Crippen LogP) is 0.311. The van der Waals surface area contributed by atoms with Crippen LogP contribution in [0.1, 0.15) is 46.5 Å². The van der Waals surface area contributed by atoms with Crippen molar-refractivity contribution in [2.24, 2.45) is 11.7 Å². The molecule has 0 aliphatic heterocycles. The Morgan fingerprint density at radius 3 is 2.24 bits per heavy atom. The summed E-state index contributed by atoms with van der Waals surface area (Å²) in [6.45, 7) is 5.24. The molecule has 0 aliphatic rings. The molecule has 0 aromatic heterocycles. The molecule has 0 heterocycles. The van der Waals surface area contributed by atoms with Crippen molar-refractivity contribution in [2.45, 2.75) is 58.5 Å². The summed E-state index contributed by atoms with van der Waals surface area (Å²) < 4.78 is 0. The average Bonchev–Trinajstić information content (AvgIpc) is 2.35. The highest BCUT2D eigenvalue weighted by molar-refractivity contribution is 5.91. The quantitative estimate of drug-likeness (QED) is 0.421. The highest BCUT2D eigenvalue weighted by atomic mass is 16.2. The third-order valence-corrected chi connectivity index (χ3v) is 2.87. The Morgan fingerprint density at radius 1 is 1.19 bits per heavy atom. The lowest BCUT2D eigenvalue weighted by Crippen LogP contribution is -2.53. The van der Waals surface area contributed by atoms with Gasteiger partial charge in [0.1, 0.15) is 12.1 Å². The molecule has 4 N–H and O–H groups in total. The second kappa shape index (κ2) is 9.81. The molecule has 21 heavy (non-hydrogen) atoms. The molecule has 0 rings (SSSR count). The van der Waals surface area contributed by atoms with Crippen LogP contribution in [0.2, 0.25) is 0 Å². The van der Waals surface area contributed by atoms with Crippen LogP contribution in [0, 0.1) is 18.3 Å². The van der Waals surface area contributed by atoms with E-state index in [1.807, 2.05) is 13.8 Å². The SMILES string of the molecule is C#CCCC[C@@H](NC(=O)[C@H](CC(C)C)NC(C)=O)C(N)=O. The normalized spacial score (nSPS) is 13.1. The summed E-state index contributed by atoms with van der Waals surface area (Å²) in [6.07, 6.45) is 7.14. The number of terminal acetylenes is 1. The molecular weight excluding hydrogens is 270 g/mol. The Bertz CT molecular complexity index is 413. The zero-order valence-corrected chi connectivity index (χ0v) is 12.9. The molecule has 0 saturated carbocycles. The van der Waals surface area contributed by atoms with Crippen LogP contribution < -0.4 is 16.4 Å². The molecule has 2 atom stereocenters. The zero-order valence-electron chi connectivity index (χ0n) is 12.9. The van der Waals surface area contributed by atoms with Gasteiger partial charge in [0, 0.05) is 13.3 Å². The van der Waals surface area contributed by atoms with E-state index in [4.69, 9.17) is 12.2 Å². The molecule has 0 radical (unpaired) electrons. The van der Waals surface area contributed by atoms with Gasteiger partial charge >= 0.3 is 0 Å². The number of hydrogen-bond acceptors (Lipinski definition) is 3. The van der Waals surface area contributed by atoms with Crippen LogP contribution in [-0.4, -0.2) is 29.8 Å². The highest BCUT2D eigenvalue weighted by Crippen LogP contribution is 2.07. The first-order valence-electron chi connectivity index (χ1n) is 7.08. The Kier molecular flexibility index (Phi) is 8.86. The van der Waals surface area contributed by atoms with E-state index in [1.54, 1.807) is 0 Å². The van der Waals surface area contributed by atoms with Crippen molar-refractivity contribution in [1.29, 1.82) is 0 Å². The number of rotatable bonds is 9. The summed E-state index contributed by atoms with van der Waals surface area (Å²) in [5.74, 6) is 1.39. The van der Waals surface area contributed by atoms with Crippen LogP contribution in [0.5, 0.6) is 0 Å². The molecule has 0 bridgehead atoms. The zero-order chi connectivity index (χ0) is 16.4. The van der Waals surface area contributed by atoms with Gasteiger partial charge in [0.25, 0.3) is 0 Å². The molecule has 6 heteroatoms. The van der Waals surface area contributed by atoms with Gasteiger partial charge in [-0.05, 0) is 25.2 Å². The number of hydrogen-bond donors (Lipinski definition) is 3. The second-order valence-corrected chi connectivity index (χ2v) is 5.44. The Hall–Kier alpha value is -2.03. The number of carbonyl (C=O) groups is 3. The maximum atomic E-state index is 12.2. The van der Waals surface area contributed by atoms with E-state index in [0.29, 0.717) is 25.7 Å². The average molecular weight is 295 g/mol. The summed E-state index contributed by atoms with van der Waals surface area (Å²) in [7, 11) is 0. The van der Waals surface area contributed by atoms with Crippen LogP contribution in [0.25, 0.3) is 0 Å². The first-order valence-corrected chi connectivity index (χ1v) is 7.08. The predicted molar refractivity (Wildman–Crippen MR) is 80.9 cm³/mol. The van der Waals surface area contributed by atoms with E-state index >= 15 is 0 Å². The maximum Gasteiger partial charge on any atom is 0.243 e. The molecule has 3 amide bonds. The molecule has 0 aromatic rings. The van der Waals surface area contributed by atoms with Crippen molar-refractivity contribution in [3.05, 3.63) is 0 Å². The van der Waals surface area contributed by atoms with E-state index in [-0.39, 0.29) is 11.8 Å². The Balaban J connectivity index is 4.69. The van der Waals surface area contributed by atoms with Crippen molar-refractivity contribution < 1.29 is 14.4 Å². The molecule has 6 nitrogen and oxygen atoms in total. The van der Waals surface area contributed by atoms with E-state index in [9.17, 15) is 14.4 Å². The lowest BCUT2D eigenvalue weighted by atomic mass is 10.0. The van der Waals surface area contributed by atoms with Crippen LogP contribution in [0.3, 0.4) is 0 Å². The van der Waals surface area contributed by atoms with Gasteiger partial charge in [-0.2, -0.15) is 0 Å². The lowest BCUT2D eigenvalue weighted by molar-refractivity contribution is -0.131. The van der Waals surface area contributed by atoms with Crippen LogP contribution in [-0.2, 0) is 14.4 Å². The fraction of sp³-hybridized carbons (Fsp3) is 0.667. The highest BCUT2D eigenvalue weighted by Gasteiger charge is 2.25. The van der Waals surface area contributed by atoms with Crippen LogP contribution in [0.4, 0.5) is 0 Å². The van der Waals surface area contributed by atoms with Gasteiger partial charge in [0.2, 0.25) is 17.7 Å². The Morgan fingerprint density at radius 2 is 1.81 bits per heavy atom. The van der Waals surface area contributed by atoms with Gasteiger partial charge in [0.15, 0.2) is 0 Å².